The molecular formula is C23H29NO6. The fourth-order valence-corrected chi connectivity index (χ4v) is 4.00. The average molecular weight is 415 g/mol. The van der Waals surface area contributed by atoms with E-state index in [2.05, 4.69) is 25.8 Å². The summed E-state index contributed by atoms with van der Waals surface area (Å²) in [7, 11) is 3.22. The Kier molecular flexibility index (Phi) is 6.22. The summed E-state index contributed by atoms with van der Waals surface area (Å²) in [5.74, 6) is 0.193. The lowest BCUT2D eigenvalue weighted by molar-refractivity contribution is 0.0694. The maximum absolute atomic E-state index is 12.4. The molecule has 3 rings (SSSR count). The third-order valence-corrected chi connectivity index (χ3v) is 6.13. The summed E-state index contributed by atoms with van der Waals surface area (Å²) in [6.45, 7) is 7.42. The SMILES string of the molecule is COCCCOc1cc2c(cc1OC)-c1[nH]c(=O)c(C(=O)O)cc1C(C)(C(C)C)C2. The fourth-order valence-electron chi connectivity index (χ4n) is 4.00. The summed E-state index contributed by atoms with van der Waals surface area (Å²) in [5.41, 5.74) is 2.13. The highest BCUT2D eigenvalue weighted by atomic mass is 16.5. The van der Waals surface area contributed by atoms with Crippen LogP contribution in [0.5, 0.6) is 11.5 Å². The van der Waals surface area contributed by atoms with Gasteiger partial charge in [-0.15, -0.1) is 0 Å². The molecule has 1 aromatic carbocycles. The van der Waals surface area contributed by atoms with Crippen LogP contribution in [0, 0.1) is 5.92 Å². The topological polar surface area (TPSA) is 97.9 Å². The summed E-state index contributed by atoms with van der Waals surface area (Å²) >= 11 is 0. The molecule has 1 atom stereocenters. The zero-order chi connectivity index (χ0) is 22.1. The van der Waals surface area contributed by atoms with Gasteiger partial charge in [0.05, 0.1) is 19.4 Å². The van der Waals surface area contributed by atoms with E-state index in [0.29, 0.717) is 36.8 Å². The first kappa shape index (κ1) is 21.9. The van der Waals surface area contributed by atoms with Gasteiger partial charge in [0, 0.05) is 31.1 Å². The molecule has 0 saturated carbocycles. The van der Waals surface area contributed by atoms with Gasteiger partial charge in [0.15, 0.2) is 11.5 Å². The Hall–Kier alpha value is -2.80. The van der Waals surface area contributed by atoms with Crippen LogP contribution in [-0.2, 0) is 16.6 Å². The first-order valence-electron chi connectivity index (χ1n) is 10.1. The van der Waals surface area contributed by atoms with Crippen LogP contribution in [0.1, 0.15) is 48.7 Å². The van der Waals surface area contributed by atoms with E-state index in [-0.39, 0.29) is 16.9 Å². The molecule has 2 aromatic rings. The second kappa shape index (κ2) is 8.52. The largest absolute Gasteiger partial charge is 0.493 e. The van der Waals surface area contributed by atoms with E-state index in [9.17, 15) is 14.7 Å². The number of aromatic carboxylic acids is 1. The first-order chi connectivity index (χ1) is 14.2. The Morgan fingerprint density at radius 3 is 2.53 bits per heavy atom. The number of methoxy groups -OCH3 is 2. The van der Waals surface area contributed by atoms with Crippen LogP contribution in [0.4, 0.5) is 0 Å². The number of hydrogen-bond acceptors (Lipinski definition) is 5. The Labute approximate surface area is 176 Å². The number of hydrogen-bond donors (Lipinski definition) is 2. The number of pyridine rings is 1. The van der Waals surface area contributed by atoms with Crippen molar-refractivity contribution >= 4 is 5.97 Å². The lowest BCUT2D eigenvalue weighted by atomic mass is 9.64. The van der Waals surface area contributed by atoms with E-state index >= 15 is 0 Å². The summed E-state index contributed by atoms with van der Waals surface area (Å²) in [5, 5.41) is 9.45. The number of H-pyrrole nitrogens is 1. The van der Waals surface area contributed by atoms with Crippen molar-refractivity contribution in [1.82, 2.24) is 4.98 Å². The number of benzene rings is 1. The monoisotopic (exact) mass is 415 g/mol. The summed E-state index contributed by atoms with van der Waals surface area (Å²) in [6, 6.07) is 5.35. The first-order valence-corrected chi connectivity index (χ1v) is 10.1. The molecule has 1 aliphatic rings. The number of fused-ring (bicyclic) bond motifs is 3. The molecule has 1 aromatic heterocycles. The van der Waals surface area contributed by atoms with Crippen molar-refractivity contribution in [3.05, 3.63) is 45.2 Å². The zero-order valence-corrected chi connectivity index (χ0v) is 18.1. The predicted molar refractivity (Wildman–Crippen MR) is 114 cm³/mol. The average Bonchev–Trinajstić information content (AvgIpc) is 2.70. The van der Waals surface area contributed by atoms with Gasteiger partial charge in [-0.25, -0.2) is 4.79 Å². The molecule has 0 fully saturated rings. The molecular weight excluding hydrogens is 386 g/mol. The second-order valence-electron chi connectivity index (χ2n) is 8.21. The van der Waals surface area contributed by atoms with Crippen LogP contribution >= 0.6 is 0 Å². The summed E-state index contributed by atoms with van der Waals surface area (Å²) in [6.07, 6.45) is 1.45. The van der Waals surface area contributed by atoms with Crippen LogP contribution < -0.4 is 15.0 Å². The quantitative estimate of drug-likeness (QED) is 0.639. The molecule has 0 aliphatic heterocycles. The molecule has 7 heteroatoms. The number of carbonyl (C=O) groups is 1. The Bertz CT molecular complexity index is 1010. The van der Waals surface area contributed by atoms with Crippen molar-refractivity contribution in [3.63, 3.8) is 0 Å². The number of aromatic nitrogens is 1. The number of carboxylic acids is 1. The number of aromatic amines is 1. The molecule has 7 nitrogen and oxygen atoms in total. The summed E-state index contributed by atoms with van der Waals surface area (Å²) in [4.78, 5) is 26.8. The molecule has 0 radical (unpaired) electrons. The maximum atomic E-state index is 12.4. The molecule has 162 valence electrons. The van der Waals surface area contributed by atoms with Gasteiger partial charge in [0.2, 0.25) is 0 Å². The second-order valence-corrected chi connectivity index (χ2v) is 8.21. The number of carboxylic acid groups (broad SMARTS) is 1. The van der Waals surface area contributed by atoms with E-state index in [1.807, 2.05) is 12.1 Å². The lowest BCUT2D eigenvalue weighted by Crippen LogP contribution is -2.37. The predicted octanol–water partition coefficient (Wildman–Crippen LogP) is 3.63. The number of ether oxygens (including phenoxy) is 3. The molecule has 1 unspecified atom stereocenters. The van der Waals surface area contributed by atoms with Crippen molar-refractivity contribution in [3.8, 4) is 22.8 Å². The Morgan fingerprint density at radius 2 is 1.93 bits per heavy atom. The highest BCUT2D eigenvalue weighted by molar-refractivity contribution is 5.89. The molecule has 0 spiro atoms. The van der Waals surface area contributed by atoms with Crippen LogP contribution in [0.3, 0.4) is 0 Å². The summed E-state index contributed by atoms with van der Waals surface area (Å²) < 4.78 is 16.5. The van der Waals surface area contributed by atoms with E-state index < -0.39 is 11.5 Å². The van der Waals surface area contributed by atoms with E-state index in [1.165, 1.54) is 6.07 Å². The van der Waals surface area contributed by atoms with Crippen LogP contribution in [0.15, 0.2) is 23.0 Å². The third-order valence-electron chi connectivity index (χ3n) is 6.13. The smallest absolute Gasteiger partial charge is 0.341 e. The molecule has 0 amide bonds. The standard InChI is InChI=1S/C23H29NO6/c1-13(2)23(3)12-14-9-19(30-8-6-7-28-4)18(29-5)11-15(14)20-17(23)10-16(22(26)27)21(25)24-20/h9-11,13H,6-8,12H2,1-5H3,(H,24,25)(H,26,27). The van der Waals surface area contributed by atoms with Crippen LogP contribution in [-0.4, -0.2) is 43.5 Å². The molecule has 1 heterocycles. The minimum atomic E-state index is -1.23. The van der Waals surface area contributed by atoms with Gasteiger partial charge in [-0.05, 0) is 41.7 Å². The lowest BCUT2D eigenvalue weighted by Gasteiger charge is -2.40. The highest BCUT2D eigenvalue weighted by Crippen LogP contribution is 2.48. The normalized spacial score (nSPS) is 17.4. The minimum Gasteiger partial charge on any atom is -0.493 e. The van der Waals surface area contributed by atoms with Gasteiger partial charge in [-0.3, -0.25) is 4.79 Å². The molecule has 30 heavy (non-hydrogen) atoms. The van der Waals surface area contributed by atoms with Crippen molar-refractivity contribution in [2.75, 3.05) is 27.4 Å². The molecule has 0 saturated heterocycles. The molecule has 0 bridgehead atoms. The molecule has 1 aliphatic carbocycles. The van der Waals surface area contributed by atoms with Crippen LogP contribution in [0.2, 0.25) is 0 Å². The van der Waals surface area contributed by atoms with Crippen molar-refractivity contribution in [2.24, 2.45) is 5.92 Å². The Balaban J connectivity index is 2.17. The Morgan fingerprint density at radius 1 is 1.20 bits per heavy atom. The van der Waals surface area contributed by atoms with Crippen LogP contribution in [0.25, 0.3) is 11.3 Å². The van der Waals surface area contributed by atoms with Gasteiger partial charge >= 0.3 is 5.97 Å². The van der Waals surface area contributed by atoms with E-state index in [1.54, 1.807) is 14.2 Å². The van der Waals surface area contributed by atoms with Crippen molar-refractivity contribution in [2.45, 2.75) is 39.0 Å². The zero-order valence-electron chi connectivity index (χ0n) is 18.1. The minimum absolute atomic E-state index is 0.213. The fraction of sp³-hybridized carbons (Fsp3) is 0.478. The number of nitrogens with one attached hydrogen (secondary N) is 1. The maximum Gasteiger partial charge on any atom is 0.341 e. The van der Waals surface area contributed by atoms with Gasteiger partial charge in [-0.1, -0.05) is 20.8 Å². The van der Waals surface area contributed by atoms with E-state index in [4.69, 9.17) is 14.2 Å². The van der Waals surface area contributed by atoms with Gasteiger partial charge in [-0.2, -0.15) is 0 Å². The van der Waals surface area contributed by atoms with Gasteiger partial charge in [0.1, 0.15) is 5.56 Å². The number of rotatable bonds is 8. The van der Waals surface area contributed by atoms with E-state index in [0.717, 1.165) is 23.1 Å². The van der Waals surface area contributed by atoms with Gasteiger partial charge in [0.25, 0.3) is 5.56 Å². The third kappa shape index (κ3) is 3.81. The van der Waals surface area contributed by atoms with Gasteiger partial charge < -0.3 is 24.3 Å². The highest BCUT2D eigenvalue weighted by Gasteiger charge is 2.39. The van der Waals surface area contributed by atoms with Crippen molar-refractivity contribution in [1.29, 1.82) is 0 Å². The van der Waals surface area contributed by atoms with Crippen molar-refractivity contribution < 1.29 is 24.1 Å². The molecule has 2 N–H and O–H groups in total.